The molecule has 0 fully saturated rings. The Morgan fingerprint density at radius 3 is 2.57 bits per heavy atom. The Morgan fingerprint density at radius 1 is 1.14 bits per heavy atom. The van der Waals surface area contributed by atoms with Gasteiger partial charge in [0.2, 0.25) is 5.91 Å². The van der Waals surface area contributed by atoms with Crippen molar-refractivity contribution in [2.24, 2.45) is 0 Å². The molecule has 1 aliphatic heterocycles. The molecule has 0 saturated carbocycles. The summed E-state index contributed by atoms with van der Waals surface area (Å²) in [5, 5.41) is 1.01. The van der Waals surface area contributed by atoms with Crippen LogP contribution in [-0.2, 0) is 17.8 Å². The maximum atomic E-state index is 12.6. The van der Waals surface area contributed by atoms with Gasteiger partial charge in [-0.15, -0.1) is 0 Å². The second-order valence-electron chi connectivity index (χ2n) is 6.72. The number of anilines is 1. The second kappa shape index (κ2) is 7.31. The van der Waals surface area contributed by atoms with Crippen molar-refractivity contribution >= 4 is 28.6 Å². The molecule has 144 valence electrons. The van der Waals surface area contributed by atoms with Crippen LogP contribution >= 0.6 is 0 Å². The first-order valence-corrected chi connectivity index (χ1v) is 9.08. The summed E-state index contributed by atoms with van der Waals surface area (Å²) in [7, 11) is 3.21. The van der Waals surface area contributed by atoms with Crippen LogP contribution in [0.25, 0.3) is 17.0 Å². The number of amides is 1. The molecule has 2 aromatic carbocycles. The molecule has 0 radical (unpaired) electrons. The number of fused-ring (bicyclic) bond motifs is 3. The van der Waals surface area contributed by atoms with Gasteiger partial charge in [-0.05, 0) is 36.3 Å². The molecule has 0 saturated heterocycles. The fourth-order valence-corrected chi connectivity index (χ4v) is 3.49. The van der Waals surface area contributed by atoms with Gasteiger partial charge in [-0.3, -0.25) is 4.79 Å². The minimum Gasteiger partial charge on any atom is -0.493 e. The van der Waals surface area contributed by atoms with E-state index in [9.17, 15) is 4.79 Å². The highest BCUT2D eigenvalue weighted by molar-refractivity contribution is 5.92. The molecule has 0 spiro atoms. The Bertz CT molecular complexity index is 1050. The molecule has 1 amide bonds. The summed E-state index contributed by atoms with van der Waals surface area (Å²) in [6.45, 7) is 1.08. The third-order valence-corrected chi connectivity index (χ3v) is 5.01. The zero-order chi connectivity index (χ0) is 19.7. The molecule has 2 N–H and O–H groups in total. The Morgan fingerprint density at radius 2 is 1.86 bits per heavy atom. The molecule has 6 heteroatoms. The average molecular weight is 378 g/mol. The van der Waals surface area contributed by atoms with Gasteiger partial charge < -0.3 is 24.5 Å². The van der Waals surface area contributed by atoms with Crippen LogP contribution in [0.2, 0.25) is 0 Å². The highest BCUT2D eigenvalue weighted by Crippen LogP contribution is 2.38. The number of furan rings is 1. The number of hydrogen-bond acceptors (Lipinski definition) is 5. The minimum atomic E-state index is -0.0434. The molecule has 4 rings (SSSR count). The van der Waals surface area contributed by atoms with E-state index in [2.05, 4.69) is 0 Å². The monoisotopic (exact) mass is 378 g/mol. The number of benzene rings is 2. The van der Waals surface area contributed by atoms with Crippen LogP contribution < -0.4 is 15.2 Å². The van der Waals surface area contributed by atoms with Crippen molar-refractivity contribution in [2.75, 3.05) is 26.5 Å². The molecule has 1 aliphatic rings. The lowest BCUT2D eigenvalue weighted by molar-refractivity contribution is -0.127. The highest BCUT2D eigenvalue weighted by atomic mass is 16.5. The molecule has 6 nitrogen and oxygen atoms in total. The average Bonchev–Trinajstić information content (AvgIpc) is 3.08. The zero-order valence-electron chi connectivity index (χ0n) is 15.9. The lowest BCUT2D eigenvalue weighted by Crippen LogP contribution is -2.34. The Labute approximate surface area is 163 Å². The summed E-state index contributed by atoms with van der Waals surface area (Å²) in [5.41, 5.74) is 9.19. The summed E-state index contributed by atoms with van der Waals surface area (Å²) in [6.07, 6.45) is 4.12. The van der Waals surface area contributed by atoms with Crippen molar-refractivity contribution in [1.29, 1.82) is 0 Å². The first kappa shape index (κ1) is 18.0. The van der Waals surface area contributed by atoms with E-state index >= 15 is 0 Å². The van der Waals surface area contributed by atoms with Gasteiger partial charge in [0.25, 0.3) is 0 Å². The highest BCUT2D eigenvalue weighted by Gasteiger charge is 2.25. The number of carbonyl (C=O) groups is 1. The zero-order valence-corrected chi connectivity index (χ0v) is 15.9. The van der Waals surface area contributed by atoms with Gasteiger partial charge in [-0.2, -0.15) is 0 Å². The molecule has 2 heterocycles. The SMILES string of the molecule is COc1cc2oc3c(c2cc1OC)CCN(C(=O)/C=C/c1ccc(N)cc1)C3. The van der Waals surface area contributed by atoms with Crippen molar-refractivity contribution in [3.05, 3.63) is 59.4 Å². The van der Waals surface area contributed by atoms with Gasteiger partial charge in [-0.1, -0.05) is 12.1 Å². The quantitative estimate of drug-likeness (QED) is 0.554. The predicted octanol–water partition coefficient (Wildman–Crippen LogP) is 3.63. The summed E-state index contributed by atoms with van der Waals surface area (Å²) < 4.78 is 16.8. The van der Waals surface area contributed by atoms with Crippen LogP contribution in [0.4, 0.5) is 5.69 Å². The first-order valence-electron chi connectivity index (χ1n) is 9.08. The Hall–Kier alpha value is -3.41. The van der Waals surface area contributed by atoms with E-state index in [0.717, 1.165) is 34.3 Å². The predicted molar refractivity (Wildman–Crippen MR) is 108 cm³/mol. The van der Waals surface area contributed by atoms with E-state index in [0.29, 0.717) is 30.3 Å². The maximum absolute atomic E-state index is 12.6. The number of nitrogen functional groups attached to an aromatic ring is 1. The molecule has 28 heavy (non-hydrogen) atoms. The van der Waals surface area contributed by atoms with Gasteiger partial charge in [-0.25, -0.2) is 0 Å². The number of nitrogens with zero attached hydrogens (tertiary/aromatic N) is 1. The molecule has 0 aliphatic carbocycles. The first-order chi connectivity index (χ1) is 13.6. The standard InChI is InChI=1S/C22H22N2O4/c1-26-19-11-17-16-9-10-24(13-21(16)28-18(17)12-20(19)27-2)22(25)8-5-14-3-6-15(23)7-4-14/h3-8,11-12H,9-10,13,23H2,1-2H3/b8-5+. The van der Waals surface area contributed by atoms with E-state index < -0.39 is 0 Å². The number of hydrogen-bond donors (Lipinski definition) is 1. The summed E-state index contributed by atoms with van der Waals surface area (Å²) in [6, 6.07) is 11.2. The van der Waals surface area contributed by atoms with E-state index in [-0.39, 0.29) is 5.91 Å². The van der Waals surface area contributed by atoms with Crippen molar-refractivity contribution in [3.63, 3.8) is 0 Å². The molecule has 3 aromatic rings. The van der Waals surface area contributed by atoms with Crippen LogP contribution in [0, 0.1) is 0 Å². The third-order valence-electron chi connectivity index (χ3n) is 5.01. The minimum absolute atomic E-state index is 0.0434. The lowest BCUT2D eigenvalue weighted by atomic mass is 10.0. The molecular weight excluding hydrogens is 356 g/mol. The lowest BCUT2D eigenvalue weighted by Gasteiger charge is -2.25. The third kappa shape index (κ3) is 3.29. The maximum Gasteiger partial charge on any atom is 0.246 e. The molecule has 0 atom stereocenters. The fraction of sp³-hybridized carbons (Fsp3) is 0.227. The van der Waals surface area contributed by atoms with E-state index in [1.54, 1.807) is 31.3 Å². The topological polar surface area (TPSA) is 77.9 Å². The Kier molecular flexibility index (Phi) is 4.69. The summed E-state index contributed by atoms with van der Waals surface area (Å²) >= 11 is 0. The van der Waals surface area contributed by atoms with Gasteiger partial charge in [0.1, 0.15) is 11.3 Å². The van der Waals surface area contributed by atoms with Crippen LogP contribution in [0.3, 0.4) is 0 Å². The van der Waals surface area contributed by atoms with Crippen molar-refractivity contribution in [1.82, 2.24) is 4.90 Å². The number of rotatable bonds is 4. The number of methoxy groups -OCH3 is 2. The van der Waals surface area contributed by atoms with E-state index in [1.807, 2.05) is 36.4 Å². The van der Waals surface area contributed by atoms with Crippen LogP contribution in [0.1, 0.15) is 16.9 Å². The van der Waals surface area contributed by atoms with E-state index in [1.165, 1.54) is 0 Å². The van der Waals surface area contributed by atoms with Gasteiger partial charge in [0.15, 0.2) is 11.5 Å². The second-order valence-corrected chi connectivity index (χ2v) is 6.72. The van der Waals surface area contributed by atoms with Crippen LogP contribution in [-0.4, -0.2) is 31.6 Å². The Balaban J connectivity index is 1.55. The molecule has 0 bridgehead atoms. The fourth-order valence-electron chi connectivity index (χ4n) is 3.49. The van der Waals surface area contributed by atoms with Gasteiger partial charge in [0.05, 0.1) is 20.8 Å². The summed E-state index contributed by atoms with van der Waals surface area (Å²) in [5.74, 6) is 2.06. The van der Waals surface area contributed by atoms with Crippen LogP contribution in [0.15, 0.2) is 46.9 Å². The van der Waals surface area contributed by atoms with Crippen molar-refractivity contribution < 1.29 is 18.7 Å². The number of ether oxygens (including phenoxy) is 2. The van der Waals surface area contributed by atoms with Crippen molar-refractivity contribution in [2.45, 2.75) is 13.0 Å². The molecule has 1 aromatic heterocycles. The number of carbonyl (C=O) groups excluding carboxylic acids is 1. The molecule has 0 unspecified atom stereocenters. The van der Waals surface area contributed by atoms with Crippen molar-refractivity contribution in [3.8, 4) is 11.5 Å². The number of nitrogens with two attached hydrogens (primary N) is 1. The largest absolute Gasteiger partial charge is 0.493 e. The van der Waals surface area contributed by atoms with Gasteiger partial charge >= 0.3 is 0 Å². The van der Waals surface area contributed by atoms with E-state index in [4.69, 9.17) is 19.6 Å². The molecular formula is C22H22N2O4. The van der Waals surface area contributed by atoms with Gasteiger partial charge in [0, 0.05) is 35.3 Å². The van der Waals surface area contributed by atoms with Crippen LogP contribution in [0.5, 0.6) is 11.5 Å². The smallest absolute Gasteiger partial charge is 0.246 e. The summed E-state index contributed by atoms with van der Waals surface area (Å²) in [4.78, 5) is 14.4. The normalized spacial score (nSPS) is 13.7.